The van der Waals surface area contributed by atoms with Crippen LogP contribution in [0.2, 0.25) is 0 Å². The zero-order chi connectivity index (χ0) is 26.5. The number of nitrogens with one attached hydrogen (secondary N) is 1. The maximum absolute atomic E-state index is 13.7. The number of fused-ring (bicyclic) bond motifs is 2. The Hall–Kier alpha value is -3.63. The first-order valence-corrected chi connectivity index (χ1v) is 14.6. The molecular formula is C29H32N8OS. The van der Waals surface area contributed by atoms with Crippen LogP contribution in [-0.2, 0) is 0 Å². The van der Waals surface area contributed by atoms with Crippen molar-refractivity contribution in [3.8, 4) is 0 Å². The van der Waals surface area contributed by atoms with Crippen molar-refractivity contribution in [2.75, 3.05) is 31.1 Å². The van der Waals surface area contributed by atoms with E-state index in [1.54, 1.807) is 11.3 Å². The fourth-order valence-corrected chi connectivity index (χ4v) is 7.27. The highest BCUT2D eigenvalue weighted by Gasteiger charge is 2.35. The third-order valence-electron chi connectivity index (χ3n) is 8.43. The Morgan fingerprint density at radius 1 is 1.00 bits per heavy atom. The predicted octanol–water partition coefficient (Wildman–Crippen LogP) is 4.77. The fourth-order valence-electron chi connectivity index (χ4n) is 6.25. The minimum atomic E-state index is -0.328. The van der Waals surface area contributed by atoms with Crippen molar-refractivity contribution in [1.82, 2.24) is 35.1 Å². The van der Waals surface area contributed by atoms with Crippen molar-refractivity contribution in [2.45, 2.75) is 51.6 Å². The second-order valence-corrected chi connectivity index (χ2v) is 11.9. The van der Waals surface area contributed by atoms with Crippen molar-refractivity contribution in [3.05, 3.63) is 75.3 Å². The Morgan fingerprint density at radius 2 is 1.77 bits per heavy atom. The van der Waals surface area contributed by atoms with Gasteiger partial charge in [0.2, 0.25) is 0 Å². The summed E-state index contributed by atoms with van der Waals surface area (Å²) in [5.74, 6) is 0.769. The lowest BCUT2D eigenvalue weighted by Gasteiger charge is -2.38. The van der Waals surface area contributed by atoms with Gasteiger partial charge in [-0.3, -0.25) is 9.69 Å². The standard InChI is InChI=1S/C29H32N8OS/c1-18-11-12-19(2)25-21(18)17-22(28(38)31-25)26(27-32-33-34-37(27)20-7-3-4-8-20)35-13-15-36(16-14-35)29-30-23-9-5-6-10-24(23)39-29/h5-6,9-12,17,20,26H,3-4,7-8,13-16H2,1-2H3,(H,31,38)/t26-/m1/s1. The number of hydrogen-bond acceptors (Lipinski definition) is 8. The van der Waals surface area contributed by atoms with E-state index in [1.807, 2.05) is 17.7 Å². The molecule has 200 valence electrons. The van der Waals surface area contributed by atoms with E-state index in [2.05, 4.69) is 73.6 Å². The summed E-state index contributed by atoms with van der Waals surface area (Å²) in [4.78, 5) is 26.5. The molecule has 39 heavy (non-hydrogen) atoms. The van der Waals surface area contributed by atoms with Gasteiger partial charge in [-0.05, 0) is 66.4 Å². The number of piperazine rings is 1. The van der Waals surface area contributed by atoms with Crippen LogP contribution in [0.1, 0.15) is 60.3 Å². The summed E-state index contributed by atoms with van der Waals surface area (Å²) >= 11 is 1.74. The molecule has 1 aliphatic carbocycles. The lowest BCUT2D eigenvalue weighted by molar-refractivity contribution is 0.197. The zero-order valence-electron chi connectivity index (χ0n) is 22.3. The van der Waals surface area contributed by atoms with Crippen LogP contribution in [-0.4, -0.2) is 61.3 Å². The van der Waals surface area contributed by atoms with Gasteiger partial charge in [-0.15, -0.1) is 5.10 Å². The molecule has 4 heterocycles. The van der Waals surface area contributed by atoms with Crippen LogP contribution in [0, 0.1) is 13.8 Å². The third kappa shape index (κ3) is 4.31. The molecule has 1 N–H and O–H groups in total. The van der Waals surface area contributed by atoms with Crippen molar-refractivity contribution < 1.29 is 0 Å². The van der Waals surface area contributed by atoms with Gasteiger partial charge in [0.25, 0.3) is 5.56 Å². The summed E-state index contributed by atoms with van der Waals surface area (Å²) < 4.78 is 3.21. The number of para-hydroxylation sites is 1. The molecule has 1 aliphatic heterocycles. The fraction of sp³-hybridized carbons (Fsp3) is 0.414. The molecule has 1 atom stereocenters. The van der Waals surface area contributed by atoms with Crippen molar-refractivity contribution in [3.63, 3.8) is 0 Å². The number of H-pyrrole nitrogens is 1. The maximum Gasteiger partial charge on any atom is 0.253 e. The molecule has 0 unspecified atom stereocenters. The molecular weight excluding hydrogens is 508 g/mol. The molecule has 9 nitrogen and oxygen atoms in total. The molecule has 2 fully saturated rings. The number of aryl methyl sites for hydroxylation is 2. The van der Waals surface area contributed by atoms with Gasteiger partial charge >= 0.3 is 0 Å². The molecule has 0 radical (unpaired) electrons. The van der Waals surface area contributed by atoms with E-state index >= 15 is 0 Å². The van der Waals surface area contributed by atoms with Gasteiger partial charge < -0.3 is 9.88 Å². The van der Waals surface area contributed by atoms with E-state index < -0.39 is 0 Å². The van der Waals surface area contributed by atoms with E-state index in [-0.39, 0.29) is 17.6 Å². The second-order valence-electron chi connectivity index (χ2n) is 10.9. The number of aromatic nitrogens is 6. The van der Waals surface area contributed by atoms with Gasteiger partial charge in [0, 0.05) is 37.1 Å². The Balaban J connectivity index is 1.27. The molecule has 2 aliphatic rings. The smallest absolute Gasteiger partial charge is 0.253 e. The molecule has 10 heteroatoms. The number of aromatic amines is 1. The van der Waals surface area contributed by atoms with Crippen LogP contribution in [0.25, 0.3) is 21.1 Å². The monoisotopic (exact) mass is 540 g/mol. The van der Waals surface area contributed by atoms with E-state index in [0.29, 0.717) is 5.56 Å². The molecule has 7 rings (SSSR count). The molecule has 0 bridgehead atoms. The van der Waals surface area contributed by atoms with Crippen molar-refractivity contribution >= 4 is 37.6 Å². The van der Waals surface area contributed by atoms with Gasteiger partial charge in [0.1, 0.15) is 6.04 Å². The average molecular weight is 541 g/mol. The topological polar surface area (TPSA) is 95.8 Å². The summed E-state index contributed by atoms with van der Waals surface area (Å²) in [7, 11) is 0. The van der Waals surface area contributed by atoms with Crippen LogP contribution < -0.4 is 10.5 Å². The van der Waals surface area contributed by atoms with Gasteiger partial charge in [0.15, 0.2) is 11.0 Å². The van der Waals surface area contributed by atoms with Crippen LogP contribution in [0.3, 0.4) is 0 Å². The first kappa shape index (κ1) is 24.4. The number of pyridine rings is 1. The van der Waals surface area contributed by atoms with Gasteiger partial charge in [-0.1, -0.05) is 48.4 Å². The number of nitrogens with zero attached hydrogens (tertiary/aromatic N) is 7. The SMILES string of the molecule is Cc1ccc(C)c2[nH]c(=O)c([C@H](c3nnnn3C3CCCC3)N3CCN(c4nc5ccccc5s4)CC3)cc12. The minimum absolute atomic E-state index is 0.0734. The van der Waals surface area contributed by atoms with Crippen LogP contribution in [0.15, 0.2) is 47.3 Å². The van der Waals surface area contributed by atoms with Crippen molar-refractivity contribution in [2.24, 2.45) is 0 Å². The molecule has 1 saturated carbocycles. The second kappa shape index (κ2) is 9.84. The number of hydrogen-bond donors (Lipinski definition) is 1. The Bertz CT molecular complexity index is 1670. The lowest BCUT2D eigenvalue weighted by atomic mass is 9.99. The molecule has 1 saturated heterocycles. The van der Waals surface area contributed by atoms with E-state index in [0.717, 1.165) is 77.5 Å². The lowest BCUT2D eigenvalue weighted by Crippen LogP contribution is -2.49. The van der Waals surface area contributed by atoms with Crippen LogP contribution in [0.4, 0.5) is 5.13 Å². The van der Waals surface area contributed by atoms with Gasteiger partial charge in [0.05, 0.1) is 21.8 Å². The summed E-state index contributed by atoms with van der Waals surface area (Å²) in [6.07, 6.45) is 4.51. The number of thiazole rings is 1. The quantitative estimate of drug-likeness (QED) is 0.343. The summed E-state index contributed by atoms with van der Waals surface area (Å²) in [5, 5.41) is 15.3. The molecule has 0 amide bonds. The number of rotatable bonds is 5. The maximum atomic E-state index is 13.7. The number of tetrazole rings is 1. The van der Waals surface area contributed by atoms with Crippen molar-refractivity contribution in [1.29, 1.82) is 0 Å². The summed E-state index contributed by atoms with van der Waals surface area (Å²) in [6.45, 7) is 7.34. The molecule has 2 aromatic carbocycles. The van der Waals surface area contributed by atoms with E-state index in [1.165, 1.54) is 17.5 Å². The predicted molar refractivity (Wildman–Crippen MR) is 155 cm³/mol. The van der Waals surface area contributed by atoms with Gasteiger partial charge in [-0.2, -0.15) is 0 Å². The van der Waals surface area contributed by atoms with Crippen LogP contribution in [0.5, 0.6) is 0 Å². The normalized spacial score (nSPS) is 17.9. The third-order valence-corrected chi connectivity index (χ3v) is 9.53. The van der Waals surface area contributed by atoms with E-state index in [9.17, 15) is 4.79 Å². The largest absolute Gasteiger partial charge is 0.345 e. The zero-order valence-corrected chi connectivity index (χ0v) is 23.1. The van der Waals surface area contributed by atoms with Gasteiger partial charge in [-0.25, -0.2) is 9.67 Å². The van der Waals surface area contributed by atoms with E-state index in [4.69, 9.17) is 4.98 Å². The van der Waals surface area contributed by atoms with Crippen LogP contribution >= 0.6 is 11.3 Å². The Morgan fingerprint density at radius 3 is 2.56 bits per heavy atom. The highest BCUT2D eigenvalue weighted by atomic mass is 32.1. The number of anilines is 1. The average Bonchev–Trinajstić information content (AvgIpc) is 3.73. The first-order chi connectivity index (χ1) is 19.1. The number of benzene rings is 2. The Labute approximate surface area is 230 Å². The molecule has 5 aromatic rings. The highest BCUT2D eigenvalue weighted by Crippen LogP contribution is 2.36. The Kier molecular flexibility index (Phi) is 6.16. The first-order valence-electron chi connectivity index (χ1n) is 13.8. The summed E-state index contributed by atoms with van der Waals surface area (Å²) in [6, 6.07) is 14.5. The molecule has 0 spiro atoms. The summed E-state index contributed by atoms with van der Waals surface area (Å²) in [5.41, 5.74) is 4.79. The minimum Gasteiger partial charge on any atom is -0.345 e. The molecule has 3 aromatic heterocycles. The highest BCUT2D eigenvalue weighted by molar-refractivity contribution is 7.22.